The Labute approximate surface area is 257 Å². The molecule has 7 nitrogen and oxygen atoms in total. The van der Waals surface area contributed by atoms with Crippen molar-refractivity contribution in [2.75, 3.05) is 5.75 Å². The summed E-state index contributed by atoms with van der Waals surface area (Å²) in [4.78, 5) is 31.7. The fourth-order valence-corrected chi connectivity index (χ4v) is 7.56. The van der Waals surface area contributed by atoms with Crippen molar-refractivity contribution in [2.24, 2.45) is 0 Å². The second-order valence-electron chi connectivity index (χ2n) is 10.6. The Morgan fingerprint density at radius 1 is 0.814 bits per heavy atom. The molecule has 0 aliphatic carbocycles. The summed E-state index contributed by atoms with van der Waals surface area (Å²) in [7, 11) is 0. The Morgan fingerprint density at radius 3 is 2.16 bits per heavy atom. The van der Waals surface area contributed by atoms with E-state index in [1.165, 1.54) is 9.60 Å². The molecule has 1 aromatic heterocycles. The zero-order valence-corrected chi connectivity index (χ0v) is 24.7. The van der Waals surface area contributed by atoms with Crippen molar-refractivity contribution in [3.05, 3.63) is 130 Å². The molecule has 0 unspecified atom stereocenters. The number of thiazole rings is 1. The SMILES string of the molecule is O=C1c2ccccc2C(=O)N1Cc1ccc([C@H]2O[C@@H](CSc3nc4ccccc4s3)C[C@@H](c3ccc(CO)cc3)O2)cc1. The van der Waals surface area contributed by atoms with E-state index in [2.05, 4.69) is 6.07 Å². The summed E-state index contributed by atoms with van der Waals surface area (Å²) >= 11 is 3.38. The van der Waals surface area contributed by atoms with E-state index in [1.807, 2.05) is 66.7 Å². The van der Waals surface area contributed by atoms with Crippen LogP contribution in [0.4, 0.5) is 0 Å². The first-order valence-corrected chi connectivity index (χ1v) is 15.9. The monoisotopic (exact) mass is 608 g/mol. The normalized spacial score (nSPS) is 20.1. The molecule has 0 radical (unpaired) electrons. The summed E-state index contributed by atoms with van der Waals surface area (Å²) in [6, 6.07) is 30.6. The number of rotatable bonds is 8. The number of hydrogen-bond acceptors (Lipinski definition) is 8. The number of carbonyl (C=O) groups is 2. The highest BCUT2D eigenvalue weighted by molar-refractivity contribution is 8.01. The molecule has 2 aliphatic rings. The van der Waals surface area contributed by atoms with Crippen LogP contribution in [0.3, 0.4) is 0 Å². The van der Waals surface area contributed by atoms with Gasteiger partial charge in [0.2, 0.25) is 0 Å². The van der Waals surface area contributed by atoms with Crippen molar-refractivity contribution in [3.8, 4) is 0 Å². The third kappa shape index (κ3) is 5.74. The lowest BCUT2D eigenvalue weighted by molar-refractivity contribution is -0.245. The Kier molecular flexibility index (Phi) is 7.81. The van der Waals surface area contributed by atoms with Crippen LogP contribution in [0.5, 0.6) is 0 Å². The van der Waals surface area contributed by atoms with Gasteiger partial charge in [0.1, 0.15) is 0 Å². The van der Waals surface area contributed by atoms with Crippen molar-refractivity contribution < 1.29 is 24.2 Å². The highest BCUT2D eigenvalue weighted by Gasteiger charge is 2.35. The minimum Gasteiger partial charge on any atom is -0.392 e. The smallest absolute Gasteiger partial charge is 0.261 e. The van der Waals surface area contributed by atoms with E-state index in [-0.39, 0.29) is 37.2 Å². The van der Waals surface area contributed by atoms with Crippen molar-refractivity contribution >= 4 is 45.1 Å². The number of para-hydroxylation sites is 1. The van der Waals surface area contributed by atoms with Gasteiger partial charge in [-0.2, -0.15) is 0 Å². The topological polar surface area (TPSA) is 89.0 Å². The van der Waals surface area contributed by atoms with Crippen LogP contribution in [0, 0.1) is 0 Å². The number of nitrogens with zero attached hydrogens (tertiary/aromatic N) is 2. The Balaban J connectivity index is 1.08. The minimum atomic E-state index is -0.592. The molecule has 2 amide bonds. The average molecular weight is 609 g/mol. The van der Waals surface area contributed by atoms with Gasteiger partial charge in [-0.15, -0.1) is 11.3 Å². The molecule has 3 atom stereocenters. The number of aliphatic hydroxyl groups is 1. The van der Waals surface area contributed by atoms with E-state index in [0.717, 1.165) is 37.9 Å². The summed E-state index contributed by atoms with van der Waals surface area (Å²) in [6.45, 7) is 0.187. The predicted molar refractivity (Wildman–Crippen MR) is 166 cm³/mol. The van der Waals surface area contributed by atoms with Crippen LogP contribution < -0.4 is 0 Å². The number of aromatic nitrogens is 1. The summed E-state index contributed by atoms with van der Waals surface area (Å²) in [6.07, 6.45) is -0.183. The van der Waals surface area contributed by atoms with Crippen molar-refractivity contribution in [3.63, 3.8) is 0 Å². The van der Waals surface area contributed by atoms with Crippen LogP contribution in [0.1, 0.15) is 61.8 Å². The highest BCUT2D eigenvalue weighted by Crippen LogP contribution is 2.40. The molecule has 0 spiro atoms. The molecule has 43 heavy (non-hydrogen) atoms. The Bertz CT molecular complexity index is 1720. The summed E-state index contributed by atoms with van der Waals surface area (Å²) in [5, 5.41) is 9.49. The molecular weight excluding hydrogens is 581 g/mol. The quantitative estimate of drug-likeness (QED) is 0.151. The molecule has 1 fully saturated rings. The molecule has 2 aliphatic heterocycles. The number of imide groups is 1. The average Bonchev–Trinajstić information content (AvgIpc) is 3.58. The third-order valence-electron chi connectivity index (χ3n) is 7.75. The Hall–Kier alpha value is -3.86. The first-order valence-electron chi connectivity index (χ1n) is 14.1. The molecule has 7 rings (SSSR count). The number of carbonyl (C=O) groups excluding carboxylic acids is 2. The number of benzene rings is 4. The van der Waals surface area contributed by atoms with Gasteiger partial charge >= 0.3 is 0 Å². The van der Waals surface area contributed by atoms with Crippen LogP contribution >= 0.6 is 23.1 Å². The molecule has 1 N–H and O–H groups in total. The lowest BCUT2D eigenvalue weighted by Gasteiger charge is -2.36. The predicted octanol–water partition coefficient (Wildman–Crippen LogP) is 6.92. The molecule has 9 heteroatoms. The number of aliphatic hydroxyl groups excluding tert-OH is 1. The van der Waals surface area contributed by atoms with Crippen LogP contribution in [0.15, 0.2) is 101 Å². The van der Waals surface area contributed by atoms with Crippen LogP contribution in [-0.2, 0) is 22.6 Å². The van der Waals surface area contributed by atoms with Crippen LogP contribution in [0.2, 0.25) is 0 Å². The van der Waals surface area contributed by atoms with E-state index in [0.29, 0.717) is 17.5 Å². The number of fused-ring (bicyclic) bond motifs is 2. The van der Waals surface area contributed by atoms with E-state index in [1.54, 1.807) is 47.4 Å². The maximum absolute atomic E-state index is 12.8. The number of thioether (sulfide) groups is 1. The summed E-state index contributed by atoms with van der Waals surface area (Å²) in [5.41, 5.74) is 5.48. The maximum Gasteiger partial charge on any atom is 0.261 e. The molecule has 0 saturated carbocycles. The van der Waals surface area contributed by atoms with E-state index >= 15 is 0 Å². The fourth-order valence-electron chi connectivity index (χ4n) is 5.45. The second kappa shape index (κ2) is 12.0. The van der Waals surface area contributed by atoms with Crippen molar-refractivity contribution in [1.29, 1.82) is 0 Å². The van der Waals surface area contributed by atoms with Crippen LogP contribution in [0.25, 0.3) is 10.2 Å². The standard InChI is InChI=1S/C34H28N2O5S2/c37-19-22-11-13-23(14-12-22)29-17-25(20-42-34-35-28-7-3-4-8-30(28)43-34)40-33(41-29)24-15-9-21(10-16-24)18-36-31(38)26-5-1-2-6-27(26)32(36)39/h1-16,25,29,33,37H,17-20H2/t25-,29+,33+/m1/s1. The van der Waals surface area contributed by atoms with Crippen molar-refractivity contribution in [2.45, 2.75) is 42.4 Å². The Morgan fingerprint density at radius 2 is 1.47 bits per heavy atom. The lowest BCUT2D eigenvalue weighted by Crippen LogP contribution is -2.31. The molecule has 3 heterocycles. The van der Waals surface area contributed by atoms with Gasteiger partial charge in [-0.05, 0) is 41.0 Å². The van der Waals surface area contributed by atoms with Crippen molar-refractivity contribution in [1.82, 2.24) is 9.88 Å². The van der Waals surface area contributed by atoms with E-state index in [9.17, 15) is 14.7 Å². The first-order chi connectivity index (χ1) is 21.1. The van der Waals surface area contributed by atoms with Gasteiger partial charge < -0.3 is 14.6 Å². The molecule has 0 bridgehead atoms. The largest absolute Gasteiger partial charge is 0.392 e. The van der Waals surface area contributed by atoms with Gasteiger partial charge in [0.15, 0.2) is 10.6 Å². The lowest BCUT2D eigenvalue weighted by atomic mass is 10.0. The van der Waals surface area contributed by atoms with E-state index < -0.39 is 6.29 Å². The highest BCUT2D eigenvalue weighted by atomic mass is 32.2. The van der Waals surface area contributed by atoms with Gasteiger partial charge in [0, 0.05) is 17.7 Å². The number of ether oxygens (including phenoxy) is 2. The summed E-state index contributed by atoms with van der Waals surface area (Å²) < 4.78 is 15.2. The summed E-state index contributed by atoms with van der Waals surface area (Å²) in [5.74, 6) is 0.183. The molecule has 1 saturated heterocycles. The second-order valence-corrected chi connectivity index (χ2v) is 12.9. The first kappa shape index (κ1) is 27.9. The minimum absolute atomic E-state index is 0.00790. The maximum atomic E-state index is 12.8. The number of amides is 2. The number of hydrogen-bond donors (Lipinski definition) is 1. The molecule has 4 aromatic carbocycles. The zero-order valence-electron chi connectivity index (χ0n) is 23.1. The van der Waals surface area contributed by atoms with Gasteiger partial charge in [-0.25, -0.2) is 4.98 Å². The zero-order chi connectivity index (χ0) is 29.3. The molecule has 5 aromatic rings. The van der Waals surface area contributed by atoms with Gasteiger partial charge in [-0.1, -0.05) is 84.6 Å². The molecule has 216 valence electrons. The van der Waals surface area contributed by atoms with Gasteiger partial charge in [0.25, 0.3) is 11.8 Å². The van der Waals surface area contributed by atoms with Gasteiger partial charge in [-0.3, -0.25) is 14.5 Å². The van der Waals surface area contributed by atoms with Crippen LogP contribution in [-0.4, -0.2) is 38.7 Å². The third-order valence-corrected chi connectivity index (χ3v) is 10.1. The fraction of sp³-hybridized carbons (Fsp3) is 0.206. The molecular formula is C34H28N2O5S2. The van der Waals surface area contributed by atoms with Gasteiger partial charge in [0.05, 0.1) is 46.7 Å². The van der Waals surface area contributed by atoms with E-state index in [4.69, 9.17) is 14.5 Å².